The summed E-state index contributed by atoms with van der Waals surface area (Å²) in [4.78, 5) is 12.3. The van der Waals surface area contributed by atoms with Gasteiger partial charge in [-0.1, -0.05) is 32.0 Å². The zero-order valence-electron chi connectivity index (χ0n) is 13.5. The highest BCUT2D eigenvalue weighted by Gasteiger charge is 2.17. The molecule has 1 N–H and O–H groups in total. The van der Waals surface area contributed by atoms with Gasteiger partial charge in [0.05, 0.1) is 11.6 Å². The first kappa shape index (κ1) is 16.6. The molecule has 4 nitrogen and oxygen atoms in total. The molecule has 23 heavy (non-hydrogen) atoms. The number of hydrogen-bond donors (Lipinski definition) is 1. The van der Waals surface area contributed by atoms with E-state index in [9.17, 15) is 4.79 Å². The Bertz CT molecular complexity index is 715. The van der Waals surface area contributed by atoms with E-state index in [0.29, 0.717) is 17.2 Å². The van der Waals surface area contributed by atoms with Gasteiger partial charge >= 0.3 is 0 Å². The third-order valence-electron chi connectivity index (χ3n) is 3.51. The fraction of sp³-hybridized carbons (Fsp3) is 0.263. The number of amides is 1. The molecule has 2 rings (SSSR count). The largest absolute Gasteiger partial charge is 0.481 e. The average Bonchev–Trinajstić information content (AvgIpc) is 2.55. The second kappa shape index (κ2) is 7.46. The molecule has 118 valence electrons. The summed E-state index contributed by atoms with van der Waals surface area (Å²) in [6.07, 6.45) is -0.636. The predicted molar refractivity (Wildman–Crippen MR) is 90.4 cm³/mol. The Labute approximate surface area is 136 Å². The number of para-hydroxylation sites is 1. The van der Waals surface area contributed by atoms with Gasteiger partial charge in [0.25, 0.3) is 5.91 Å². The lowest BCUT2D eigenvalue weighted by molar-refractivity contribution is -0.122. The van der Waals surface area contributed by atoms with Gasteiger partial charge in [0, 0.05) is 5.69 Å². The van der Waals surface area contributed by atoms with Crippen LogP contribution < -0.4 is 10.1 Å². The normalized spacial score (nSPS) is 11.6. The van der Waals surface area contributed by atoms with Crippen molar-refractivity contribution >= 4 is 11.6 Å². The molecule has 0 bridgehead atoms. The SMILES string of the molecule is CC(Oc1ccc(C#N)cc1)C(=O)Nc1ccccc1C(C)C. The average molecular weight is 308 g/mol. The lowest BCUT2D eigenvalue weighted by Crippen LogP contribution is -2.30. The standard InChI is InChI=1S/C19H20N2O2/c1-13(2)17-6-4-5-7-18(17)21-19(22)14(3)23-16-10-8-15(12-20)9-11-16/h4-11,13-14H,1-3H3,(H,21,22). The van der Waals surface area contributed by atoms with Crippen molar-refractivity contribution in [2.45, 2.75) is 32.8 Å². The van der Waals surface area contributed by atoms with Crippen LogP contribution >= 0.6 is 0 Å². The number of nitrogens with one attached hydrogen (secondary N) is 1. The third kappa shape index (κ3) is 4.33. The first-order valence-corrected chi connectivity index (χ1v) is 7.58. The highest BCUT2D eigenvalue weighted by atomic mass is 16.5. The minimum Gasteiger partial charge on any atom is -0.481 e. The highest BCUT2D eigenvalue weighted by Crippen LogP contribution is 2.24. The summed E-state index contributed by atoms with van der Waals surface area (Å²) in [6, 6.07) is 16.5. The van der Waals surface area contributed by atoms with E-state index < -0.39 is 6.10 Å². The molecule has 0 aliphatic rings. The molecule has 0 aliphatic heterocycles. The minimum atomic E-state index is -0.636. The molecule has 0 fully saturated rings. The summed E-state index contributed by atoms with van der Waals surface area (Å²) >= 11 is 0. The number of nitriles is 1. The zero-order valence-corrected chi connectivity index (χ0v) is 13.5. The molecule has 0 saturated carbocycles. The number of hydrogen-bond acceptors (Lipinski definition) is 3. The summed E-state index contributed by atoms with van der Waals surface area (Å²) in [5, 5.41) is 11.7. The topological polar surface area (TPSA) is 62.1 Å². The number of nitrogens with zero attached hydrogens (tertiary/aromatic N) is 1. The quantitative estimate of drug-likeness (QED) is 0.905. The molecule has 2 aromatic carbocycles. The molecular formula is C19H20N2O2. The van der Waals surface area contributed by atoms with Crippen LogP contribution in [-0.2, 0) is 4.79 Å². The van der Waals surface area contributed by atoms with Crippen molar-refractivity contribution in [1.29, 1.82) is 5.26 Å². The van der Waals surface area contributed by atoms with Gasteiger partial charge in [-0.15, -0.1) is 0 Å². The highest BCUT2D eigenvalue weighted by molar-refractivity contribution is 5.94. The van der Waals surface area contributed by atoms with Crippen molar-refractivity contribution in [2.24, 2.45) is 0 Å². The molecule has 0 aromatic heterocycles. The van der Waals surface area contributed by atoms with E-state index in [1.165, 1.54) is 0 Å². The van der Waals surface area contributed by atoms with Crippen LogP contribution in [0.25, 0.3) is 0 Å². The van der Waals surface area contributed by atoms with E-state index in [1.54, 1.807) is 31.2 Å². The molecule has 0 aliphatic carbocycles. The van der Waals surface area contributed by atoms with Crippen LogP contribution in [0.5, 0.6) is 5.75 Å². The Kier molecular flexibility index (Phi) is 5.37. The second-order valence-electron chi connectivity index (χ2n) is 5.63. The van der Waals surface area contributed by atoms with E-state index in [2.05, 4.69) is 19.2 Å². The fourth-order valence-electron chi connectivity index (χ4n) is 2.21. The minimum absolute atomic E-state index is 0.206. The molecule has 0 spiro atoms. The molecule has 1 atom stereocenters. The lowest BCUT2D eigenvalue weighted by Gasteiger charge is -2.17. The lowest BCUT2D eigenvalue weighted by atomic mass is 10.0. The van der Waals surface area contributed by atoms with Gasteiger partial charge in [-0.25, -0.2) is 0 Å². The van der Waals surface area contributed by atoms with Crippen LogP contribution in [0.1, 0.15) is 37.8 Å². The van der Waals surface area contributed by atoms with Crippen LogP contribution in [0.3, 0.4) is 0 Å². The van der Waals surface area contributed by atoms with Crippen LogP contribution in [0.2, 0.25) is 0 Å². The van der Waals surface area contributed by atoms with Gasteiger partial charge in [-0.3, -0.25) is 4.79 Å². The molecule has 2 aromatic rings. The number of carbonyl (C=O) groups excluding carboxylic acids is 1. The summed E-state index contributed by atoms with van der Waals surface area (Å²) in [6.45, 7) is 5.87. The van der Waals surface area contributed by atoms with Gasteiger partial charge in [0.1, 0.15) is 5.75 Å². The van der Waals surface area contributed by atoms with Crippen LogP contribution in [0.4, 0.5) is 5.69 Å². The number of anilines is 1. The Hall–Kier alpha value is -2.80. The summed E-state index contributed by atoms with van der Waals surface area (Å²) in [5.74, 6) is 0.674. The Morgan fingerprint density at radius 1 is 1.09 bits per heavy atom. The van der Waals surface area contributed by atoms with Gasteiger partial charge < -0.3 is 10.1 Å². The molecule has 0 heterocycles. The maximum absolute atomic E-state index is 12.3. The number of ether oxygens (including phenoxy) is 1. The number of rotatable bonds is 5. The van der Waals surface area contributed by atoms with E-state index in [4.69, 9.17) is 10.00 Å². The van der Waals surface area contributed by atoms with E-state index >= 15 is 0 Å². The van der Waals surface area contributed by atoms with Crippen LogP contribution in [0, 0.1) is 11.3 Å². The van der Waals surface area contributed by atoms with Gasteiger partial charge in [-0.05, 0) is 48.7 Å². The van der Waals surface area contributed by atoms with E-state index in [-0.39, 0.29) is 5.91 Å². The van der Waals surface area contributed by atoms with Gasteiger partial charge in [-0.2, -0.15) is 5.26 Å². The molecule has 4 heteroatoms. The summed E-state index contributed by atoms with van der Waals surface area (Å²) < 4.78 is 5.63. The monoisotopic (exact) mass is 308 g/mol. The van der Waals surface area contributed by atoms with Crippen LogP contribution in [-0.4, -0.2) is 12.0 Å². The van der Waals surface area contributed by atoms with Crippen molar-refractivity contribution in [1.82, 2.24) is 0 Å². The second-order valence-corrected chi connectivity index (χ2v) is 5.63. The van der Waals surface area contributed by atoms with E-state index in [1.807, 2.05) is 30.3 Å². The van der Waals surface area contributed by atoms with Crippen molar-refractivity contribution in [2.75, 3.05) is 5.32 Å². The fourth-order valence-corrected chi connectivity index (χ4v) is 2.21. The molecule has 1 unspecified atom stereocenters. The van der Waals surface area contributed by atoms with Crippen molar-refractivity contribution in [3.63, 3.8) is 0 Å². The van der Waals surface area contributed by atoms with Crippen molar-refractivity contribution in [3.05, 3.63) is 59.7 Å². The molecule has 0 radical (unpaired) electrons. The summed E-state index contributed by atoms with van der Waals surface area (Å²) in [7, 11) is 0. The van der Waals surface area contributed by atoms with Crippen molar-refractivity contribution in [3.8, 4) is 11.8 Å². The molecule has 1 amide bonds. The zero-order chi connectivity index (χ0) is 16.8. The van der Waals surface area contributed by atoms with Crippen molar-refractivity contribution < 1.29 is 9.53 Å². The maximum Gasteiger partial charge on any atom is 0.265 e. The smallest absolute Gasteiger partial charge is 0.265 e. The third-order valence-corrected chi connectivity index (χ3v) is 3.51. The first-order valence-electron chi connectivity index (χ1n) is 7.58. The van der Waals surface area contributed by atoms with Gasteiger partial charge in [0.15, 0.2) is 6.10 Å². The Morgan fingerprint density at radius 2 is 1.74 bits per heavy atom. The maximum atomic E-state index is 12.3. The number of carbonyl (C=O) groups is 1. The molecule has 0 saturated heterocycles. The summed E-state index contributed by atoms with van der Waals surface area (Å²) in [5.41, 5.74) is 2.45. The van der Waals surface area contributed by atoms with Gasteiger partial charge in [0.2, 0.25) is 0 Å². The Morgan fingerprint density at radius 3 is 2.35 bits per heavy atom. The molecular weight excluding hydrogens is 288 g/mol. The van der Waals surface area contributed by atoms with E-state index in [0.717, 1.165) is 11.3 Å². The number of benzene rings is 2. The first-order chi connectivity index (χ1) is 11.0. The Balaban J connectivity index is 2.04. The predicted octanol–water partition coefficient (Wildman–Crippen LogP) is 4.09. The van der Waals surface area contributed by atoms with Crippen LogP contribution in [0.15, 0.2) is 48.5 Å².